The third-order valence-corrected chi connectivity index (χ3v) is 4.83. The standard InChI is InChI=1S/C19H19N3O3S/c1-12(2)18-14(10-21-22(18)17-6-4-5-9-20-17)19(24)25-11-15(23)16-8-7-13(3)26-16/h4-10,12H,11H2,1-3H3. The Morgan fingerprint density at radius 2 is 2.04 bits per heavy atom. The molecule has 6 nitrogen and oxygen atoms in total. The van der Waals surface area contributed by atoms with Crippen molar-refractivity contribution in [2.24, 2.45) is 0 Å². The van der Waals surface area contributed by atoms with E-state index in [2.05, 4.69) is 10.1 Å². The maximum Gasteiger partial charge on any atom is 0.342 e. The van der Waals surface area contributed by atoms with Gasteiger partial charge in [0.25, 0.3) is 0 Å². The van der Waals surface area contributed by atoms with Crippen molar-refractivity contribution >= 4 is 23.1 Å². The molecule has 3 rings (SSSR count). The maximum absolute atomic E-state index is 12.5. The van der Waals surface area contributed by atoms with Crippen LogP contribution in [0.15, 0.2) is 42.7 Å². The number of thiophene rings is 1. The van der Waals surface area contributed by atoms with Crippen LogP contribution in [0.25, 0.3) is 5.82 Å². The summed E-state index contributed by atoms with van der Waals surface area (Å²) in [7, 11) is 0. The number of pyridine rings is 1. The molecular formula is C19H19N3O3S. The van der Waals surface area contributed by atoms with Gasteiger partial charge in [0.1, 0.15) is 5.56 Å². The highest BCUT2D eigenvalue weighted by atomic mass is 32.1. The molecule has 0 saturated heterocycles. The van der Waals surface area contributed by atoms with Crippen LogP contribution >= 0.6 is 11.3 Å². The van der Waals surface area contributed by atoms with Crippen LogP contribution in [-0.2, 0) is 4.74 Å². The predicted molar refractivity (Wildman–Crippen MR) is 99.1 cm³/mol. The smallest absolute Gasteiger partial charge is 0.342 e. The average Bonchev–Trinajstić information content (AvgIpc) is 3.26. The van der Waals surface area contributed by atoms with Crippen LogP contribution in [0.2, 0.25) is 0 Å². The van der Waals surface area contributed by atoms with Crippen LogP contribution in [0, 0.1) is 6.92 Å². The minimum atomic E-state index is -0.558. The van der Waals surface area contributed by atoms with Gasteiger partial charge in [-0.2, -0.15) is 5.10 Å². The Hall–Kier alpha value is -2.80. The third-order valence-electron chi connectivity index (χ3n) is 3.79. The highest BCUT2D eigenvalue weighted by molar-refractivity contribution is 7.14. The number of carbonyl (C=O) groups is 2. The molecule has 134 valence electrons. The summed E-state index contributed by atoms with van der Waals surface area (Å²) in [4.78, 5) is 30.6. The number of hydrogen-bond donors (Lipinski definition) is 0. The Labute approximate surface area is 155 Å². The summed E-state index contributed by atoms with van der Waals surface area (Å²) in [6, 6.07) is 9.10. The highest BCUT2D eigenvalue weighted by Crippen LogP contribution is 2.23. The molecule has 3 aromatic rings. The second-order valence-corrected chi connectivity index (χ2v) is 7.40. The zero-order valence-corrected chi connectivity index (χ0v) is 15.6. The first-order valence-corrected chi connectivity index (χ1v) is 9.05. The number of ketones is 1. The van der Waals surface area contributed by atoms with Gasteiger partial charge in [0.2, 0.25) is 5.78 Å². The van der Waals surface area contributed by atoms with Gasteiger partial charge in [-0.1, -0.05) is 19.9 Å². The van der Waals surface area contributed by atoms with Crippen LogP contribution in [0.1, 0.15) is 50.4 Å². The molecule has 0 fully saturated rings. The number of ether oxygens (including phenoxy) is 1. The second kappa shape index (κ2) is 7.61. The minimum Gasteiger partial charge on any atom is -0.454 e. The number of Topliss-reactive ketones (excluding diaryl/α,β-unsaturated/α-hetero) is 1. The third kappa shape index (κ3) is 3.72. The second-order valence-electron chi connectivity index (χ2n) is 6.11. The summed E-state index contributed by atoms with van der Waals surface area (Å²) >= 11 is 1.39. The van der Waals surface area contributed by atoms with Crippen LogP contribution in [0.5, 0.6) is 0 Å². The number of aromatic nitrogens is 3. The number of carbonyl (C=O) groups excluding carboxylic acids is 2. The Morgan fingerprint density at radius 1 is 1.23 bits per heavy atom. The monoisotopic (exact) mass is 369 g/mol. The topological polar surface area (TPSA) is 74.1 Å². The maximum atomic E-state index is 12.5. The van der Waals surface area contributed by atoms with Crippen LogP contribution in [0.3, 0.4) is 0 Å². The van der Waals surface area contributed by atoms with Crippen LogP contribution < -0.4 is 0 Å². The first-order valence-electron chi connectivity index (χ1n) is 8.23. The zero-order valence-electron chi connectivity index (χ0n) is 14.8. The summed E-state index contributed by atoms with van der Waals surface area (Å²) < 4.78 is 6.87. The molecule has 3 heterocycles. The van der Waals surface area contributed by atoms with E-state index in [1.807, 2.05) is 45.0 Å². The quantitative estimate of drug-likeness (QED) is 0.488. The molecule has 0 aromatic carbocycles. The van der Waals surface area contributed by atoms with Crippen molar-refractivity contribution in [3.05, 3.63) is 63.7 Å². The fourth-order valence-corrected chi connectivity index (χ4v) is 3.39. The van der Waals surface area contributed by atoms with Gasteiger partial charge >= 0.3 is 5.97 Å². The van der Waals surface area contributed by atoms with E-state index in [-0.39, 0.29) is 18.3 Å². The van der Waals surface area contributed by atoms with Crippen molar-refractivity contribution in [1.29, 1.82) is 0 Å². The van der Waals surface area contributed by atoms with E-state index in [0.29, 0.717) is 22.0 Å². The van der Waals surface area contributed by atoms with E-state index in [9.17, 15) is 9.59 Å². The lowest BCUT2D eigenvalue weighted by Gasteiger charge is -2.11. The van der Waals surface area contributed by atoms with Gasteiger partial charge in [-0.25, -0.2) is 14.5 Å². The molecule has 0 bridgehead atoms. The molecule has 7 heteroatoms. The Kier molecular flexibility index (Phi) is 5.27. The molecular weight excluding hydrogens is 350 g/mol. The largest absolute Gasteiger partial charge is 0.454 e. The first-order chi connectivity index (χ1) is 12.5. The van der Waals surface area contributed by atoms with Gasteiger partial charge in [-0.15, -0.1) is 11.3 Å². The van der Waals surface area contributed by atoms with Crippen molar-refractivity contribution in [1.82, 2.24) is 14.8 Å². The lowest BCUT2D eigenvalue weighted by molar-refractivity contribution is 0.0474. The molecule has 0 amide bonds. The van der Waals surface area contributed by atoms with E-state index in [0.717, 1.165) is 4.88 Å². The molecule has 0 N–H and O–H groups in total. The summed E-state index contributed by atoms with van der Waals surface area (Å²) in [6.45, 7) is 5.57. The number of esters is 1. The SMILES string of the molecule is Cc1ccc(C(=O)COC(=O)c2cnn(-c3ccccn3)c2C(C)C)s1. The van der Waals surface area contributed by atoms with Gasteiger partial charge in [-0.3, -0.25) is 4.79 Å². The molecule has 0 atom stereocenters. The van der Waals surface area contributed by atoms with Crippen molar-refractivity contribution in [3.8, 4) is 5.82 Å². The van der Waals surface area contributed by atoms with E-state index in [1.54, 1.807) is 16.9 Å². The molecule has 3 aromatic heterocycles. The lowest BCUT2D eigenvalue weighted by Crippen LogP contribution is -2.15. The summed E-state index contributed by atoms with van der Waals surface area (Å²) in [5.41, 5.74) is 1.05. The normalized spacial score (nSPS) is 10.9. The molecule has 0 radical (unpaired) electrons. The van der Waals surface area contributed by atoms with E-state index < -0.39 is 5.97 Å². The molecule has 0 unspecified atom stereocenters. The molecule has 0 aliphatic rings. The van der Waals surface area contributed by atoms with Crippen molar-refractivity contribution in [2.75, 3.05) is 6.61 Å². The fraction of sp³-hybridized carbons (Fsp3) is 0.263. The van der Waals surface area contributed by atoms with Gasteiger partial charge in [-0.05, 0) is 37.1 Å². The number of aryl methyl sites for hydroxylation is 1. The van der Waals surface area contributed by atoms with Crippen molar-refractivity contribution in [2.45, 2.75) is 26.7 Å². The van der Waals surface area contributed by atoms with E-state index in [4.69, 9.17) is 4.74 Å². The molecule has 0 aliphatic heterocycles. The molecule has 0 aliphatic carbocycles. The molecule has 0 spiro atoms. The Morgan fingerprint density at radius 3 is 2.65 bits per heavy atom. The lowest BCUT2D eigenvalue weighted by atomic mass is 10.1. The number of nitrogens with zero attached hydrogens (tertiary/aromatic N) is 3. The van der Waals surface area contributed by atoms with Gasteiger partial charge in [0, 0.05) is 11.1 Å². The molecule has 0 saturated carbocycles. The van der Waals surface area contributed by atoms with Gasteiger partial charge < -0.3 is 4.74 Å². The summed E-state index contributed by atoms with van der Waals surface area (Å²) in [6.07, 6.45) is 3.13. The highest BCUT2D eigenvalue weighted by Gasteiger charge is 2.23. The zero-order chi connectivity index (χ0) is 18.7. The first kappa shape index (κ1) is 18.0. The summed E-state index contributed by atoms with van der Waals surface area (Å²) in [5.74, 6) is -0.115. The number of hydrogen-bond acceptors (Lipinski definition) is 6. The van der Waals surface area contributed by atoms with Crippen molar-refractivity contribution < 1.29 is 14.3 Å². The number of rotatable bonds is 6. The van der Waals surface area contributed by atoms with Crippen LogP contribution in [0.4, 0.5) is 0 Å². The predicted octanol–water partition coefficient (Wildman–Crippen LogP) is 3.80. The average molecular weight is 369 g/mol. The Bertz CT molecular complexity index is 929. The minimum absolute atomic E-state index is 0.0257. The molecule has 26 heavy (non-hydrogen) atoms. The Balaban J connectivity index is 1.79. The van der Waals surface area contributed by atoms with Crippen molar-refractivity contribution in [3.63, 3.8) is 0 Å². The van der Waals surface area contributed by atoms with Gasteiger partial charge in [0.05, 0.1) is 16.8 Å². The van der Waals surface area contributed by atoms with Gasteiger partial charge in [0.15, 0.2) is 12.4 Å². The summed E-state index contributed by atoms with van der Waals surface area (Å²) in [5, 5.41) is 4.29. The van der Waals surface area contributed by atoms with E-state index in [1.165, 1.54) is 17.5 Å². The van der Waals surface area contributed by atoms with Crippen LogP contribution in [-0.4, -0.2) is 33.1 Å². The van der Waals surface area contributed by atoms with E-state index >= 15 is 0 Å². The fourth-order valence-electron chi connectivity index (χ4n) is 2.60.